The zero-order valence-corrected chi connectivity index (χ0v) is 11.7. The van der Waals surface area contributed by atoms with Crippen molar-refractivity contribution in [3.63, 3.8) is 0 Å². The summed E-state index contributed by atoms with van der Waals surface area (Å²) in [5.41, 5.74) is 0.941. The van der Waals surface area contributed by atoms with Crippen LogP contribution in [0.3, 0.4) is 0 Å². The van der Waals surface area contributed by atoms with Gasteiger partial charge >= 0.3 is 0 Å². The van der Waals surface area contributed by atoms with E-state index >= 15 is 0 Å². The van der Waals surface area contributed by atoms with E-state index in [4.69, 9.17) is 5.14 Å². The van der Waals surface area contributed by atoms with E-state index in [1.54, 1.807) is 12.1 Å². The molecule has 0 spiro atoms. The maximum Gasteiger partial charge on any atom is 0.238 e. The molecule has 0 aliphatic carbocycles. The molecule has 4 N–H and O–H groups in total. The normalized spacial score (nSPS) is 11.3. The third-order valence-corrected chi connectivity index (χ3v) is 3.45. The third-order valence-electron chi connectivity index (χ3n) is 2.52. The lowest BCUT2D eigenvalue weighted by Crippen LogP contribution is -2.34. The summed E-state index contributed by atoms with van der Waals surface area (Å²) in [6, 6.07) is 6.31. The highest BCUT2D eigenvalue weighted by molar-refractivity contribution is 7.89. The first kappa shape index (κ1) is 15.6. The fourth-order valence-corrected chi connectivity index (χ4v) is 2.01. The molecule has 0 heterocycles. The number of hydrogen-bond acceptors (Lipinski definition) is 4. The Bertz CT molecular complexity index is 512. The molecule has 0 fully saturated rings. The third kappa shape index (κ3) is 5.82. The average molecular weight is 285 g/mol. The number of sulfonamides is 1. The number of likely N-dealkylation sites (N-methyl/N-ethyl adjacent to an activating group) is 1. The zero-order chi connectivity index (χ0) is 14.3. The molecule has 1 aromatic rings. The second-order valence-electron chi connectivity index (χ2n) is 4.07. The summed E-state index contributed by atoms with van der Waals surface area (Å²) in [5.74, 6) is -0.0528. The van der Waals surface area contributed by atoms with E-state index in [0.29, 0.717) is 19.5 Å². The van der Waals surface area contributed by atoms with E-state index in [0.717, 1.165) is 12.1 Å². The van der Waals surface area contributed by atoms with Crippen LogP contribution in [-0.2, 0) is 21.2 Å². The van der Waals surface area contributed by atoms with Crippen molar-refractivity contribution in [3.05, 3.63) is 29.8 Å². The van der Waals surface area contributed by atoms with Gasteiger partial charge in [-0.2, -0.15) is 0 Å². The second kappa shape index (κ2) is 7.22. The summed E-state index contributed by atoms with van der Waals surface area (Å²) in [5, 5.41) is 10.7. The monoisotopic (exact) mass is 285 g/mol. The van der Waals surface area contributed by atoms with Gasteiger partial charge in [0.1, 0.15) is 0 Å². The highest BCUT2D eigenvalue weighted by atomic mass is 32.2. The topological polar surface area (TPSA) is 101 Å². The van der Waals surface area contributed by atoms with Crippen molar-refractivity contribution in [1.82, 2.24) is 10.6 Å². The van der Waals surface area contributed by atoms with Crippen LogP contribution in [0.15, 0.2) is 29.2 Å². The molecular weight excluding hydrogens is 266 g/mol. The van der Waals surface area contributed by atoms with E-state index in [9.17, 15) is 13.2 Å². The molecule has 0 aliphatic heterocycles. The Morgan fingerprint density at radius 2 is 1.89 bits per heavy atom. The van der Waals surface area contributed by atoms with Gasteiger partial charge in [0.15, 0.2) is 0 Å². The van der Waals surface area contributed by atoms with Gasteiger partial charge in [-0.3, -0.25) is 4.79 Å². The van der Waals surface area contributed by atoms with Crippen molar-refractivity contribution in [2.24, 2.45) is 5.14 Å². The van der Waals surface area contributed by atoms with E-state index in [1.807, 2.05) is 6.92 Å². The Morgan fingerprint density at radius 1 is 1.26 bits per heavy atom. The number of carbonyl (C=O) groups excluding carboxylic acids is 1. The lowest BCUT2D eigenvalue weighted by molar-refractivity contribution is -0.120. The largest absolute Gasteiger partial charge is 0.355 e. The molecule has 6 nitrogen and oxygen atoms in total. The summed E-state index contributed by atoms with van der Waals surface area (Å²) in [6.45, 7) is 3.50. The van der Waals surface area contributed by atoms with Gasteiger partial charge in [-0.05, 0) is 30.7 Å². The van der Waals surface area contributed by atoms with Crippen LogP contribution in [0.4, 0.5) is 0 Å². The molecule has 1 amide bonds. The number of carbonyl (C=O) groups is 1. The number of primary sulfonamides is 1. The number of benzene rings is 1. The van der Waals surface area contributed by atoms with Crippen molar-refractivity contribution in [2.45, 2.75) is 18.2 Å². The molecule has 0 radical (unpaired) electrons. The van der Waals surface area contributed by atoms with E-state index in [1.165, 1.54) is 12.1 Å². The molecule has 0 saturated heterocycles. The highest BCUT2D eigenvalue weighted by Crippen LogP contribution is 2.08. The first-order chi connectivity index (χ1) is 8.93. The number of hydrogen-bond donors (Lipinski definition) is 3. The van der Waals surface area contributed by atoms with Crippen LogP contribution < -0.4 is 15.8 Å². The summed E-state index contributed by atoms with van der Waals surface area (Å²) in [6.07, 6.45) is 0.642. The molecule has 0 saturated carbocycles. The zero-order valence-electron chi connectivity index (χ0n) is 10.8. The van der Waals surface area contributed by atoms with Gasteiger partial charge in [0, 0.05) is 6.54 Å². The molecule has 0 atom stereocenters. The predicted octanol–water partition coefficient (Wildman–Crippen LogP) is -0.398. The van der Waals surface area contributed by atoms with Gasteiger partial charge in [-0.15, -0.1) is 0 Å². The molecule has 0 aliphatic rings. The van der Waals surface area contributed by atoms with Gasteiger partial charge in [-0.25, -0.2) is 13.6 Å². The minimum Gasteiger partial charge on any atom is -0.355 e. The van der Waals surface area contributed by atoms with Crippen molar-refractivity contribution in [1.29, 1.82) is 0 Å². The molecule has 0 aromatic heterocycles. The number of amides is 1. The van der Waals surface area contributed by atoms with E-state index < -0.39 is 10.0 Å². The lowest BCUT2D eigenvalue weighted by Gasteiger charge is -2.06. The maximum absolute atomic E-state index is 11.3. The van der Waals surface area contributed by atoms with Gasteiger partial charge < -0.3 is 10.6 Å². The summed E-state index contributed by atoms with van der Waals surface area (Å²) < 4.78 is 22.1. The summed E-state index contributed by atoms with van der Waals surface area (Å²) in [7, 11) is -3.64. The molecule has 106 valence electrons. The van der Waals surface area contributed by atoms with Crippen LogP contribution in [-0.4, -0.2) is 34.0 Å². The Hall–Kier alpha value is -1.44. The maximum atomic E-state index is 11.3. The van der Waals surface area contributed by atoms with Crippen molar-refractivity contribution in [3.8, 4) is 0 Å². The SMILES string of the molecule is CCNCC(=O)NCCc1ccc(S(N)(=O)=O)cc1. The molecule has 19 heavy (non-hydrogen) atoms. The van der Waals surface area contributed by atoms with Crippen LogP contribution in [0.25, 0.3) is 0 Å². The molecule has 1 aromatic carbocycles. The minimum atomic E-state index is -3.64. The first-order valence-corrected chi connectivity index (χ1v) is 7.57. The molecular formula is C12H19N3O3S. The van der Waals surface area contributed by atoms with Crippen molar-refractivity contribution in [2.75, 3.05) is 19.6 Å². The van der Waals surface area contributed by atoms with Gasteiger partial charge in [0.2, 0.25) is 15.9 Å². The quantitative estimate of drug-likeness (QED) is 0.634. The minimum absolute atomic E-state index is 0.0528. The van der Waals surface area contributed by atoms with Crippen molar-refractivity contribution >= 4 is 15.9 Å². The smallest absolute Gasteiger partial charge is 0.238 e. The van der Waals surface area contributed by atoms with Crippen LogP contribution >= 0.6 is 0 Å². The van der Waals surface area contributed by atoms with Gasteiger partial charge in [0.25, 0.3) is 0 Å². The summed E-state index contributed by atoms with van der Waals surface area (Å²) in [4.78, 5) is 11.4. The van der Waals surface area contributed by atoms with Crippen LogP contribution in [0.5, 0.6) is 0 Å². The van der Waals surface area contributed by atoms with E-state index in [2.05, 4.69) is 10.6 Å². The van der Waals surface area contributed by atoms with E-state index in [-0.39, 0.29) is 10.8 Å². The Balaban J connectivity index is 2.40. The lowest BCUT2D eigenvalue weighted by atomic mass is 10.1. The molecule has 0 bridgehead atoms. The standard InChI is InChI=1S/C12H19N3O3S/c1-2-14-9-12(16)15-8-7-10-3-5-11(6-4-10)19(13,17)18/h3-6,14H,2,7-9H2,1H3,(H,15,16)(H2,13,17,18). The summed E-state index contributed by atoms with van der Waals surface area (Å²) >= 11 is 0. The molecule has 0 unspecified atom stereocenters. The Kier molecular flexibility index (Phi) is 5.94. The van der Waals surface area contributed by atoms with Crippen LogP contribution in [0, 0.1) is 0 Å². The highest BCUT2D eigenvalue weighted by Gasteiger charge is 2.06. The fraction of sp³-hybridized carbons (Fsp3) is 0.417. The fourth-order valence-electron chi connectivity index (χ4n) is 1.49. The van der Waals surface area contributed by atoms with Gasteiger partial charge in [-0.1, -0.05) is 19.1 Å². The number of nitrogens with one attached hydrogen (secondary N) is 2. The predicted molar refractivity (Wildman–Crippen MR) is 73.1 cm³/mol. The van der Waals surface area contributed by atoms with Crippen LogP contribution in [0.2, 0.25) is 0 Å². The van der Waals surface area contributed by atoms with Crippen LogP contribution in [0.1, 0.15) is 12.5 Å². The van der Waals surface area contributed by atoms with Crippen molar-refractivity contribution < 1.29 is 13.2 Å². The molecule has 7 heteroatoms. The Labute approximate surface area is 113 Å². The Morgan fingerprint density at radius 3 is 2.42 bits per heavy atom. The first-order valence-electron chi connectivity index (χ1n) is 6.02. The van der Waals surface area contributed by atoms with Gasteiger partial charge in [0.05, 0.1) is 11.4 Å². The molecule has 1 rings (SSSR count). The second-order valence-corrected chi connectivity index (χ2v) is 5.63. The number of rotatable bonds is 7. The average Bonchev–Trinajstić information content (AvgIpc) is 2.36. The number of nitrogens with two attached hydrogens (primary N) is 1.